The van der Waals surface area contributed by atoms with Gasteiger partial charge in [0.1, 0.15) is 0 Å². The van der Waals surface area contributed by atoms with Crippen molar-refractivity contribution >= 4 is 27.3 Å². The van der Waals surface area contributed by atoms with Gasteiger partial charge in [0.2, 0.25) is 0 Å². The molecule has 21 heavy (non-hydrogen) atoms. The Morgan fingerprint density at radius 3 is 2.29 bits per heavy atom. The fraction of sp³-hybridized carbons (Fsp3) is 0.412. The lowest BCUT2D eigenvalue weighted by molar-refractivity contribution is 0.242. The minimum atomic E-state index is 0.256. The van der Waals surface area contributed by atoms with Gasteiger partial charge in [0.15, 0.2) is 0 Å². The van der Waals surface area contributed by atoms with Gasteiger partial charge in [-0.25, -0.2) is 0 Å². The summed E-state index contributed by atoms with van der Waals surface area (Å²) in [5, 5.41) is 2.13. The van der Waals surface area contributed by atoms with E-state index in [4.69, 9.17) is 5.73 Å². The first-order valence-electron chi connectivity index (χ1n) is 7.13. The number of rotatable bonds is 5. The zero-order chi connectivity index (χ0) is 15.6. The highest BCUT2D eigenvalue weighted by molar-refractivity contribution is 9.10. The molecule has 0 radical (unpaired) electrons. The molecule has 2 N–H and O–H groups in total. The smallest absolute Gasteiger partial charge is 0.0476 e. The van der Waals surface area contributed by atoms with E-state index >= 15 is 0 Å². The Balaban J connectivity index is 2.27. The monoisotopic (exact) mass is 366 g/mol. The topological polar surface area (TPSA) is 29.3 Å². The van der Waals surface area contributed by atoms with Crippen LogP contribution in [0.25, 0.3) is 0 Å². The van der Waals surface area contributed by atoms with Gasteiger partial charge in [-0.1, -0.05) is 17.7 Å². The van der Waals surface area contributed by atoms with Crippen molar-refractivity contribution in [1.29, 1.82) is 0 Å². The summed E-state index contributed by atoms with van der Waals surface area (Å²) < 4.78 is 1.16. The highest BCUT2D eigenvalue weighted by atomic mass is 79.9. The van der Waals surface area contributed by atoms with Gasteiger partial charge in [-0.2, -0.15) is 0 Å². The van der Waals surface area contributed by atoms with Gasteiger partial charge in [-0.15, -0.1) is 11.3 Å². The van der Waals surface area contributed by atoms with Crippen LogP contribution in [0, 0.1) is 20.8 Å². The van der Waals surface area contributed by atoms with Crippen LogP contribution in [0.15, 0.2) is 28.1 Å². The number of nitrogens with zero attached hydrogens (tertiary/aromatic N) is 1. The van der Waals surface area contributed by atoms with Crippen molar-refractivity contribution in [1.82, 2.24) is 4.90 Å². The van der Waals surface area contributed by atoms with Crippen molar-refractivity contribution in [2.75, 3.05) is 13.6 Å². The van der Waals surface area contributed by atoms with Crippen molar-refractivity contribution in [2.45, 2.75) is 33.4 Å². The number of aryl methyl sites for hydroxylation is 3. The van der Waals surface area contributed by atoms with Gasteiger partial charge >= 0.3 is 0 Å². The summed E-state index contributed by atoms with van der Waals surface area (Å²) in [6, 6.07) is 6.94. The molecular weight excluding hydrogens is 344 g/mol. The fourth-order valence-corrected chi connectivity index (χ4v) is 4.54. The SMILES string of the molecule is Cc1cc(C)c(C(CN)N(C)Cc2cc(Br)cs2)c(C)c1. The third-order valence-corrected chi connectivity index (χ3v) is 5.54. The van der Waals surface area contributed by atoms with Crippen LogP contribution in [0.4, 0.5) is 0 Å². The third kappa shape index (κ3) is 3.95. The molecule has 2 rings (SSSR count). The molecule has 0 spiro atoms. The Kier molecular flexibility index (Phi) is 5.60. The van der Waals surface area contributed by atoms with Crippen LogP contribution in [0.3, 0.4) is 0 Å². The number of hydrogen-bond donors (Lipinski definition) is 1. The molecule has 1 heterocycles. The number of thiophene rings is 1. The van der Waals surface area contributed by atoms with Gasteiger partial charge in [0.25, 0.3) is 0 Å². The van der Waals surface area contributed by atoms with Crippen molar-refractivity contribution < 1.29 is 0 Å². The lowest BCUT2D eigenvalue weighted by Gasteiger charge is -2.30. The van der Waals surface area contributed by atoms with Crippen molar-refractivity contribution in [3.05, 3.63) is 55.2 Å². The summed E-state index contributed by atoms with van der Waals surface area (Å²) in [6.07, 6.45) is 0. The normalized spacial score (nSPS) is 12.9. The predicted octanol–water partition coefficient (Wildman–Crippen LogP) is 4.57. The minimum absolute atomic E-state index is 0.256. The molecule has 0 fully saturated rings. The highest BCUT2D eigenvalue weighted by Gasteiger charge is 2.20. The second-order valence-electron chi connectivity index (χ2n) is 5.71. The Hall–Kier alpha value is -0.680. The molecular formula is C17H23BrN2S. The Labute approximate surface area is 140 Å². The molecule has 0 aliphatic heterocycles. The van der Waals surface area contributed by atoms with E-state index in [-0.39, 0.29) is 6.04 Å². The first-order chi connectivity index (χ1) is 9.92. The molecule has 1 atom stereocenters. The molecule has 1 aromatic heterocycles. The second-order valence-corrected chi connectivity index (χ2v) is 7.62. The van der Waals surface area contributed by atoms with Crippen molar-refractivity contribution in [3.63, 3.8) is 0 Å². The zero-order valence-electron chi connectivity index (χ0n) is 13.1. The first kappa shape index (κ1) is 16.7. The largest absolute Gasteiger partial charge is 0.329 e. The molecule has 2 aromatic rings. The number of likely N-dealkylation sites (N-methyl/N-ethyl adjacent to an activating group) is 1. The number of halogens is 1. The first-order valence-corrected chi connectivity index (χ1v) is 8.80. The van der Waals surface area contributed by atoms with E-state index in [0.717, 1.165) is 11.0 Å². The molecule has 4 heteroatoms. The molecule has 0 bridgehead atoms. The summed E-state index contributed by atoms with van der Waals surface area (Å²) in [5.41, 5.74) is 11.5. The van der Waals surface area contributed by atoms with E-state index in [1.54, 1.807) is 11.3 Å². The molecule has 1 aromatic carbocycles. The van der Waals surface area contributed by atoms with Gasteiger partial charge < -0.3 is 5.73 Å². The quantitative estimate of drug-likeness (QED) is 0.839. The Bertz CT molecular complexity index is 598. The van der Waals surface area contributed by atoms with Crippen LogP contribution < -0.4 is 5.73 Å². The molecule has 0 amide bonds. The van der Waals surface area contributed by atoms with E-state index in [9.17, 15) is 0 Å². The Morgan fingerprint density at radius 1 is 1.19 bits per heavy atom. The molecule has 0 aliphatic carbocycles. The Morgan fingerprint density at radius 2 is 1.81 bits per heavy atom. The summed E-state index contributed by atoms with van der Waals surface area (Å²) in [7, 11) is 2.16. The van der Waals surface area contributed by atoms with Crippen molar-refractivity contribution in [3.8, 4) is 0 Å². The van der Waals surface area contributed by atoms with E-state index in [1.807, 2.05) is 0 Å². The van der Waals surface area contributed by atoms with Crippen LogP contribution in [0.5, 0.6) is 0 Å². The maximum atomic E-state index is 6.09. The number of hydrogen-bond acceptors (Lipinski definition) is 3. The zero-order valence-corrected chi connectivity index (χ0v) is 15.5. The second kappa shape index (κ2) is 7.05. The van der Waals surface area contributed by atoms with Crippen molar-refractivity contribution in [2.24, 2.45) is 5.73 Å². The average molecular weight is 367 g/mol. The van der Waals surface area contributed by atoms with Gasteiger partial charge in [0, 0.05) is 33.9 Å². The third-order valence-electron chi connectivity index (χ3n) is 3.85. The molecule has 114 valence electrons. The molecule has 1 unspecified atom stereocenters. The lowest BCUT2D eigenvalue weighted by Crippen LogP contribution is -2.31. The maximum Gasteiger partial charge on any atom is 0.0476 e. The molecule has 0 saturated carbocycles. The molecule has 0 aliphatic rings. The minimum Gasteiger partial charge on any atom is -0.329 e. The van der Waals surface area contributed by atoms with Crippen LogP contribution in [-0.2, 0) is 6.54 Å². The highest BCUT2D eigenvalue weighted by Crippen LogP contribution is 2.29. The van der Waals surface area contributed by atoms with Crippen LogP contribution in [0.2, 0.25) is 0 Å². The van der Waals surface area contributed by atoms with Gasteiger partial charge in [0.05, 0.1) is 0 Å². The summed E-state index contributed by atoms with van der Waals surface area (Å²) >= 11 is 5.30. The van der Waals surface area contributed by atoms with Gasteiger partial charge in [-0.3, -0.25) is 4.90 Å². The summed E-state index contributed by atoms with van der Waals surface area (Å²) in [6.45, 7) is 8.08. The van der Waals surface area contributed by atoms with E-state index in [0.29, 0.717) is 6.54 Å². The lowest BCUT2D eigenvalue weighted by atomic mass is 9.93. The standard InChI is InChI=1S/C17H23BrN2S/c1-11-5-12(2)17(13(3)6-11)16(8-19)20(4)9-15-7-14(18)10-21-15/h5-7,10,16H,8-9,19H2,1-4H3. The average Bonchev–Trinajstić information content (AvgIpc) is 2.78. The fourth-order valence-electron chi connectivity index (χ4n) is 3.03. The van der Waals surface area contributed by atoms with E-state index in [1.165, 1.54) is 27.1 Å². The molecule has 0 saturated heterocycles. The summed E-state index contributed by atoms with van der Waals surface area (Å²) in [4.78, 5) is 3.70. The van der Waals surface area contributed by atoms with Crippen LogP contribution in [0.1, 0.15) is 33.2 Å². The summed E-state index contributed by atoms with van der Waals surface area (Å²) in [5.74, 6) is 0. The maximum absolute atomic E-state index is 6.09. The van der Waals surface area contributed by atoms with Crippen LogP contribution >= 0.6 is 27.3 Å². The predicted molar refractivity (Wildman–Crippen MR) is 95.9 cm³/mol. The molecule has 2 nitrogen and oxygen atoms in total. The number of benzene rings is 1. The van der Waals surface area contributed by atoms with E-state index in [2.05, 4.69) is 72.2 Å². The van der Waals surface area contributed by atoms with Gasteiger partial charge in [-0.05, 0) is 66.5 Å². The number of nitrogens with two attached hydrogens (primary N) is 1. The van der Waals surface area contributed by atoms with Crippen LogP contribution in [-0.4, -0.2) is 18.5 Å². The van der Waals surface area contributed by atoms with E-state index < -0.39 is 0 Å².